The Morgan fingerprint density at radius 2 is 1.96 bits per heavy atom. The number of nitrogens with one attached hydrogen (secondary N) is 2. The molecule has 2 N–H and O–H groups in total. The summed E-state index contributed by atoms with van der Waals surface area (Å²) in [4.78, 5) is 38.4. The Morgan fingerprint density at radius 3 is 2.67 bits per heavy atom. The van der Waals surface area contributed by atoms with Crippen molar-refractivity contribution in [3.05, 3.63) is 28.4 Å². The Bertz CT molecular complexity index is 995. The van der Waals surface area contributed by atoms with Gasteiger partial charge in [-0.1, -0.05) is 0 Å². The van der Waals surface area contributed by atoms with E-state index in [4.69, 9.17) is 0 Å². The van der Waals surface area contributed by atoms with Crippen LogP contribution in [0.25, 0.3) is 11.0 Å². The SMILES string of the molecule is C[C@@H]1CNCCN1c1cc2c(cc1F)n(C1CCC(=O)NC1=O)c(=O)n2C. The molecule has 2 fully saturated rings. The lowest BCUT2D eigenvalue weighted by Gasteiger charge is -2.36. The lowest BCUT2D eigenvalue weighted by molar-refractivity contribution is -0.135. The van der Waals surface area contributed by atoms with E-state index in [2.05, 4.69) is 10.6 Å². The monoisotopic (exact) mass is 375 g/mol. The van der Waals surface area contributed by atoms with Gasteiger partial charge >= 0.3 is 5.69 Å². The topological polar surface area (TPSA) is 88.4 Å². The lowest BCUT2D eigenvalue weighted by atomic mass is 10.1. The van der Waals surface area contributed by atoms with Crippen LogP contribution in [0.2, 0.25) is 0 Å². The number of hydrogen-bond acceptors (Lipinski definition) is 5. The molecule has 2 atom stereocenters. The molecule has 2 aliphatic heterocycles. The molecular weight excluding hydrogens is 353 g/mol. The van der Waals surface area contributed by atoms with Crippen molar-refractivity contribution in [2.24, 2.45) is 7.05 Å². The van der Waals surface area contributed by atoms with E-state index in [1.54, 1.807) is 13.1 Å². The Kier molecular flexibility index (Phi) is 4.26. The van der Waals surface area contributed by atoms with Crippen molar-refractivity contribution in [1.29, 1.82) is 0 Å². The number of nitrogens with zero attached hydrogens (tertiary/aromatic N) is 3. The number of piperidine rings is 1. The van der Waals surface area contributed by atoms with E-state index in [0.29, 0.717) is 23.3 Å². The fourth-order valence-electron chi connectivity index (χ4n) is 4.02. The maximum atomic E-state index is 15.0. The lowest BCUT2D eigenvalue weighted by Crippen LogP contribution is -2.50. The molecule has 4 rings (SSSR count). The summed E-state index contributed by atoms with van der Waals surface area (Å²) in [6, 6.07) is 2.31. The summed E-state index contributed by atoms with van der Waals surface area (Å²) >= 11 is 0. The van der Waals surface area contributed by atoms with Crippen LogP contribution in [0.3, 0.4) is 0 Å². The molecule has 1 aromatic carbocycles. The first kappa shape index (κ1) is 17.7. The van der Waals surface area contributed by atoms with E-state index in [0.717, 1.165) is 13.1 Å². The number of carbonyl (C=O) groups is 2. The van der Waals surface area contributed by atoms with Crippen molar-refractivity contribution >= 4 is 28.5 Å². The zero-order chi connectivity index (χ0) is 19.3. The standard InChI is InChI=1S/C18H22FN5O3/c1-10-9-20-5-6-23(10)13-8-14-15(7-11(13)19)24(18(27)22(14)2)12-3-4-16(25)21-17(12)26/h7-8,10,12,20H,3-6,9H2,1-2H3,(H,21,25,26)/t10-,12?/m1/s1. The van der Waals surface area contributed by atoms with Gasteiger partial charge in [0.15, 0.2) is 0 Å². The average molecular weight is 375 g/mol. The first-order valence-corrected chi connectivity index (χ1v) is 9.10. The number of aromatic nitrogens is 2. The van der Waals surface area contributed by atoms with Crippen LogP contribution in [0.15, 0.2) is 16.9 Å². The Labute approximate surface area is 154 Å². The molecule has 8 nitrogen and oxygen atoms in total. The molecule has 3 heterocycles. The number of piperazine rings is 1. The number of imide groups is 1. The molecule has 0 saturated carbocycles. The maximum Gasteiger partial charge on any atom is 0.329 e. The predicted octanol–water partition coefficient (Wildman–Crippen LogP) is 0.255. The van der Waals surface area contributed by atoms with Crippen LogP contribution in [-0.4, -0.2) is 46.6 Å². The van der Waals surface area contributed by atoms with Crippen molar-refractivity contribution < 1.29 is 14.0 Å². The van der Waals surface area contributed by atoms with E-state index in [1.807, 2.05) is 11.8 Å². The molecule has 0 spiro atoms. The quantitative estimate of drug-likeness (QED) is 0.735. The molecule has 9 heteroatoms. The van der Waals surface area contributed by atoms with Crippen LogP contribution in [0.5, 0.6) is 0 Å². The van der Waals surface area contributed by atoms with Crippen LogP contribution in [-0.2, 0) is 16.6 Å². The van der Waals surface area contributed by atoms with Gasteiger partial charge in [-0.05, 0) is 19.4 Å². The maximum absolute atomic E-state index is 15.0. The van der Waals surface area contributed by atoms with Crippen molar-refractivity contribution in [2.75, 3.05) is 24.5 Å². The largest absolute Gasteiger partial charge is 0.364 e. The second kappa shape index (κ2) is 6.49. The van der Waals surface area contributed by atoms with Gasteiger partial charge in [-0.25, -0.2) is 9.18 Å². The average Bonchev–Trinajstić information content (AvgIpc) is 2.86. The summed E-state index contributed by atoms with van der Waals surface area (Å²) in [5.41, 5.74) is 0.977. The van der Waals surface area contributed by atoms with Gasteiger partial charge in [-0.3, -0.25) is 24.0 Å². The number of benzene rings is 1. The zero-order valence-electron chi connectivity index (χ0n) is 15.3. The number of halogens is 1. The molecule has 0 aliphatic carbocycles. The van der Waals surface area contributed by atoms with Gasteiger partial charge in [0.2, 0.25) is 11.8 Å². The molecule has 27 heavy (non-hydrogen) atoms. The number of anilines is 1. The van der Waals surface area contributed by atoms with Crippen LogP contribution < -0.4 is 21.2 Å². The third-order valence-corrected chi connectivity index (χ3v) is 5.49. The summed E-state index contributed by atoms with van der Waals surface area (Å²) < 4.78 is 17.7. The van der Waals surface area contributed by atoms with Crippen molar-refractivity contribution in [3.63, 3.8) is 0 Å². The Balaban J connectivity index is 1.85. The molecule has 0 radical (unpaired) electrons. The summed E-state index contributed by atoms with van der Waals surface area (Å²) in [5, 5.41) is 5.53. The number of rotatable bonds is 2. The van der Waals surface area contributed by atoms with Gasteiger partial charge < -0.3 is 10.2 Å². The number of fused-ring (bicyclic) bond motifs is 1. The van der Waals surface area contributed by atoms with E-state index < -0.39 is 23.5 Å². The molecular formula is C18H22FN5O3. The summed E-state index contributed by atoms with van der Waals surface area (Å²) in [5.74, 6) is -1.31. The van der Waals surface area contributed by atoms with Crippen LogP contribution in [0.4, 0.5) is 10.1 Å². The highest BCUT2D eigenvalue weighted by atomic mass is 19.1. The number of amides is 2. The van der Waals surface area contributed by atoms with Gasteiger partial charge in [0.25, 0.3) is 0 Å². The summed E-state index contributed by atoms with van der Waals surface area (Å²) in [6.45, 7) is 4.21. The molecule has 2 amide bonds. The van der Waals surface area contributed by atoms with Crippen LogP contribution >= 0.6 is 0 Å². The minimum atomic E-state index is -0.817. The van der Waals surface area contributed by atoms with E-state index in [9.17, 15) is 18.8 Å². The molecule has 2 saturated heterocycles. The third-order valence-electron chi connectivity index (χ3n) is 5.49. The highest BCUT2D eigenvalue weighted by Crippen LogP contribution is 2.30. The molecule has 0 bridgehead atoms. The molecule has 1 unspecified atom stereocenters. The molecule has 1 aromatic heterocycles. The minimum absolute atomic E-state index is 0.125. The smallest absolute Gasteiger partial charge is 0.329 e. The summed E-state index contributed by atoms with van der Waals surface area (Å²) in [7, 11) is 1.61. The van der Waals surface area contributed by atoms with E-state index in [1.165, 1.54) is 15.2 Å². The van der Waals surface area contributed by atoms with Gasteiger partial charge in [0.05, 0.1) is 16.7 Å². The van der Waals surface area contributed by atoms with Crippen molar-refractivity contribution in [1.82, 2.24) is 19.8 Å². The van der Waals surface area contributed by atoms with Gasteiger partial charge in [0, 0.05) is 45.2 Å². The molecule has 2 aliphatic rings. The first-order chi connectivity index (χ1) is 12.9. The Morgan fingerprint density at radius 1 is 1.19 bits per heavy atom. The van der Waals surface area contributed by atoms with Crippen molar-refractivity contribution in [2.45, 2.75) is 31.8 Å². The Hall–Kier alpha value is -2.68. The fourth-order valence-corrected chi connectivity index (χ4v) is 4.02. The minimum Gasteiger partial charge on any atom is -0.364 e. The normalized spacial score (nSPS) is 23.7. The van der Waals surface area contributed by atoms with E-state index in [-0.39, 0.29) is 24.8 Å². The van der Waals surface area contributed by atoms with Crippen LogP contribution in [0.1, 0.15) is 25.8 Å². The summed E-state index contributed by atoms with van der Waals surface area (Å²) in [6.07, 6.45) is 0.375. The van der Waals surface area contributed by atoms with Gasteiger partial charge in [0.1, 0.15) is 11.9 Å². The number of hydrogen-bond donors (Lipinski definition) is 2. The zero-order valence-corrected chi connectivity index (χ0v) is 15.3. The van der Waals surface area contributed by atoms with Crippen LogP contribution in [0, 0.1) is 5.82 Å². The van der Waals surface area contributed by atoms with Crippen molar-refractivity contribution in [3.8, 4) is 0 Å². The van der Waals surface area contributed by atoms with Gasteiger partial charge in [-0.15, -0.1) is 0 Å². The molecule has 2 aromatic rings. The number of aryl methyl sites for hydroxylation is 1. The third kappa shape index (κ3) is 2.82. The second-order valence-electron chi connectivity index (χ2n) is 7.22. The number of carbonyl (C=O) groups excluding carboxylic acids is 2. The first-order valence-electron chi connectivity index (χ1n) is 9.10. The number of imidazole rings is 1. The highest BCUT2D eigenvalue weighted by molar-refractivity contribution is 6.00. The fraction of sp³-hybridized carbons (Fsp3) is 0.500. The highest BCUT2D eigenvalue weighted by Gasteiger charge is 2.32. The molecule has 144 valence electrons. The van der Waals surface area contributed by atoms with Gasteiger partial charge in [-0.2, -0.15) is 0 Å². The predicted molar refractivity (Wildman–Crippen MR) is 98.2 cm³/mol. The second-order valence-corrected chi connectivity index (χ2v) is 7.22. The van der Waals surface area contributed by atoms with E-state index >= 15 is 0 Å².